The fraction of sp³-hybridized carbons (Fsp3) is 0.895. The third-order valence-corrected chi connectivity index (χ3v) is 8.08. The summed E-state index contributed by atoms with van der Waals surface area (Å²) in [5.74, 6) is 1.05. The Morgan fingerprint density at radius 1 is 1.18 bits per heavy atom. The van der Waals surface area contributed by atoms with Gasteiger partial charge in [0.15, 0.2) is 0 Å². The predicted molar refractivity (Wildman–Crippen MR) is 84.0 cm³/mol. The van der Waals surface area contributed by atoms with Crippen LogP contribution < -0.4 is 0 Å². The van der Waals surface area contributed by atoms with Crippen molar-refractivity contribution in [3.05, 3.63) is 11.6 Å². The van der Waals surface area contributed by atoms with Crippen LogP contribution >= 0.6 is 0 Å². The van der Waals surface area contributed by atoms with E-state index in [0.29, 0.717) is 18.3 Å². The van der Waals surface area contributed by atoms with Gasteiger partial charge in [-0.2, -0.15) is 0 Å². The predicted octanol–water partition coefficient (Wildman–Crippen LogP) is 3.62. The highest BCUT2D eigenvalue weighted by atomic mass is 19.1. The average molecular weight is 308 g/mol. The highest BCUT2D eigenvalue weighted by Crippen LogP contribution is 2.65. The van der Waals surface area contributed by atoms with E-state index in [1.807, 2.05) is 6.92 Å². The Morgan fingerprint density at radius 3 is 2.73 bits per heavy atom. The number of rotatable bonds is 0. The molecule has 3 fully saturated rings. The molecule has 0 bridgehead atoms. The molecular formula is C19H29FO2. The van der Waals surface area contributed by atoms with Gasteiger partial charge in [-0.3, -0.25) is 0 Å². The molecule has 4 aliphatic rings. The van der Waals surface area contributed by atoms with Crippen LogP contribution in [0.5, 0.6) is 0 Å². The molecule has 0 amide bonds. The van der Waals surface area contributed by atoms with E-state index in [-0.39, 0.29) is 11.3 Å². The SMILES string of the molecule is C[C@@]12[C@H](O)[C@H](F)C[C@H]1[C@@H]1CCC3=CCCC[C@]3(C)[C@H]1C[C@@H]2O. The standard InChI is InChI=1S/C19H29FO2/c1-18-8-4-3-5-11(18)6-7-12-13(18)10-16(21)19(2)14(12)9-15(20)17(19)22/h5,12-17,21-22H,3-4,6-10H2,1-2H3/t12-,13+,14+,15-,16+,17-,18+,19-/m1/s1. The molecule has 0 aromatic heterocycles. The molecule has 22 heavy (non-hydrogen) atoms. The molecule has 3 saturated carbocycles. The molecule has 4 rings (SSSR count). The van der Waals surface area contributed by atoms with Crippen molar-refractivity contribution < 1.29 is 14.6 Å². The molecule has 2 nitrogen and oxygen atoms in total. The fourth-order valence-electron chi connectivity index (χ4n) is 6.67. The van der Waals surface area contributed by atoms with E-state index in [1.165, 1.54) is 19.3 Å². The normalized spacial score (nSPS) is 57.6. The first-order chi connectivity index (χ1) is 10.4. The maximum atomic E-state index is 14.3. The number of allylic oxidation sites excluding steroid dienone is 2. The zero-order valence-corrected chi connectivity index (χ0v) is 13.8. The topological polar surface area (TPSA) is 40.5 Å². The van der Waals surface area contributed by atoms with Crippen molar-refractivity contribution in [3.8, 4) is 0 Å². The van der Waals surface area contributed by atoms with Crippen molar-refractivity contribution in [2.75, 3.05) is 0 Å². The Labute approximate surface area is 132 Å². The van der Waals surface area contributed by atoms with Crippen molar-refractivity contribution in [3.63, 3.8) is 0 Å². The summed E-state index contributed by atoms with van der Waals surface area (Å²) in [6, 6.07) is 0. The molecule has 0 aliphatic heterocycles. The minimum Gasteiger partial charge on any atom is -0.392 e. The molecule has 0 heterocycles. The van der Waals surface area contributed by atoms with Crippen LogP contribution in [-0.2, 0) is 0 Å². The van der Waals surface area contributed by atoms with Crippen molar-refractivity contribution in [1.82, 2.24) is 0 Å². The van der Waals surface area contributed by atoms with Crippen molar-refractivity contribution in [1.29, 1.82) is 0 Å². The summed E-state index contributed by atoms with van der Waals surface area (Å²) >= 11 is 0. The molecule has 0 unspecified atom stereocenters. The third-order valence-electron chi connectivity index (χ3n) is 8.08. The first-order valence-corrected chi connectivity index (χ1v) is 9.08. The van der Waals surface area contributed by atoms with E-state index in [0.717, 1.165) is 19.3 Å². The van der Waals surface area contributed by atoms with E-state index in [1.54, 1.807) is 5.57 Å². The van der Waals surface area contributed by atoms with Crippen LogP contribution in [0.15, 0.2) is 11.6 Å². The summed E-state index contributed by atoms with van der Waals surface area (Å²) in [4.78, 5) is 0. The van der Waals surface area contributed by atoms with Crippen molar-refractivity contribution in [2.45, 2.75) is 77.2 Å². The lowest BCUT2D eigenvalue weighted by atomic mass is 9.47. The highest BCUT2D eigenvalue weighted by Gasteiger charge is 2.64. The van der Waals surface area contributed by atoms with Crippen LogP contribution in [0.1, 0.15) is 58.8 Å². The molecule has 0 aromatic carbocycles. The number of halogens is 1. The largest absolute Gasteiger partial charge is 0.392 e. The van der Waals surface area contributed by atoms with Gasteiger partial charge in [-0.25, -0.2) is 4.39 Å². The van der Waals surface area contributed by atoms with Gasteiger partial charge in [-0.05, 0) is 68.1 Å². The first-order valence-electron chi connectivity index (χ1n) is 9.08. The molecule has 124 valence electrons. The van der Waals surface area contributed by atoms with Gasteiger partial charge >= 0.3 is 0 Å². The van der Waals surface area contributed by atoms with Crippen LogP contribution in [0.4, 0.5) is 4.39 Å². The lowest BCUT2D eigenvalue weighted by Gasteiger charge is -2.59. The number of hydrogen-bond donors (Lipinski definition) is 2. The number of aliphatic hydroxyl groups excluding tert-OH is 2. The van der Waals surface area contributed by atoms with Crippen LogP contribution in [0.3, 0.4) is 0 Å². The van der Waals surface area contributed by atoms with Crippen molar-refractivity contribution in [2.24, 2.45) is 28.6 Å². The smallest absolute Gasteiger partial charge is 0.127 e. The van der Waals surface area contributed by atoms with Gasteiger partial charge in [0.2, 0.25) is 0 Å². The van der Waals surface area contributed by atoms with Crippen molar-refractivity contribution >= 4 is 0 Å². The quantitative estimate of drug-likeness (QED) is 0.671. The molecule has 0 saturated heterocycles. The highest BCUT2D eigenvalue weighted by molar-refractivity contribution is 5.25. The van der Waals surface area contributed by atoms with Crippen LogP contribution in [0, 0.1) is 28.6 Å². The Morgan fingerprint density at radius 2 is 1.95 bits per heavy atom. The number of alkyl halides is 1. The fourth-order valence-corrected chi connectivity index (χ4v) is 6.67. The average Bonchev–Trinajstić information content (AvgIpc) is 2.73. The van der Waals surface area contributed by atoms with E-state index in [2.05, 4.69) is 13.0 Å². The van der Waals surface area contributed by atoms with E-state index in [9.17, 15) is 14.6 Å². The summed E-state index contributed by atoms with van der Waals surface area (Å²) in [6.07, 6.45) is 6.73. The molecule has 2 N–H and O–H groups in total. The Bertz CT molecular complexity index is 504. The van der Waals surface area contributed by atoms with Crippen LogP contribution in [-0.4, -0.2) is 28.6 Å². The molecule has 0 radical (unpaired) electrons. The maximum absolute atomic E-state index is 14.3. The second kappa shape index (κ2) is 4.80. The van der Waals surface area contributed by atoms with Gasteiger partial charge in [-0.15, -0.1) is 0 Å². The summed E-state index contributed by atoms with van der Waals surface area (Å²) < 4.78 is 14.3. The summed E-state index contributed by atoms with van der Waals surface area (Å²) in [5.41, 5.74) is 1.14. The third kappa shape index (κ3) is 1.73. The van der Waals surface area contributed by atoms with Gasteiger partial charge in [0.25, 0.3) is 0 Å². The van der Waals surface area contributed by atoms with Gasteiger partial charge in [-0.1, -0.05) is 25.5 Å². The van der Waals surface area contributed by atoms with E-state index in [4.69, 9.17) is 0 Å². The number of hydrogen-bond acceptors (Lipinski definition) is 2. The molecule has 0 spiro atoms. The van der Waals surface area contributed by atoms with E-state index >= 15 is 0 Å². The lowest BCUT2D eigenvalue weighted by Crippen LogP contribution is -2.57. The Balaban J connectivity index is 1.73. The molecular weight excluding hydrogens is 279 g/mol. The second-order valence-corrected chi connectivity index (χ2v) is 8.77. The summed E-state index contributed by atoms with van der Waals surface area (Å²) in [5, 5.41) is 21.2. The van der Waals surface area contributed by atoms with E-state index < -0.39 is 23.8 Å². The summed E-state index contributed by atoms with van der Waals surface area (Å²) in [7, 11) is 0. The minimum absolute atomic E-state index is 0.131. The molecule has 3 heteroatoms. The lowest BCUT2D eigenvalue weighted by molar-refractivity contribution is -0.152. The Hall–Kier alpha value is -0.410. The molecule has 0 aromatic rings. The maximum Gasteiger partial charge on any atom is 0.127 e. The van der Waals surface area contributed by atoms with Gasteiger partial charge in [0.1, 0.15) is 6.17 Å². The molecule has 4 aliphatic carbocycles. The number of aliphatic hydroxyl groups is 2. The molecule has 8 atom stereocenters. The zero-order chi connectivity index (χ0) is 15.7. The number of fused-ring (bicyclic) bond motifs is 5. The van der Waals surface area contributed by atoms with Gasteiger partial charge in [0, 0.05) is 5.41 Å². The first kappa shape index (κ1) is 15.1. The monoisotopic (exact) mass is 308 g/mol. The van der Waals surface area contributed by atoms with Gasteiger partial charge < -0.3 is 10.2 Å². The Kier molecular flexibility index (Phi) is 3.30. The van der Waals surface area contributed by atoms with Gasteiger partial charge in [0.05, 0.1) is 12.2 Å². The van der Waals surface area contributed by atoms with Crippen LogP contribution in [0.2, 0.25) is 0 Å². The second-order valence-electron chi connectivity index (χ2n) is 8.77. The minimum atomic E-state index is -1.17. The van der Waals surface area contributed by atoms with Crippen LogP contribution in [0.25, 0.3) is 0 Å². The summed E-state index contributed by atoms with van der Waals surface area (Å²) in [6.45, 7) is 4.31. The zero-order valence-electron chi connectivity index (χ0n) is 13.8.